The van der Waals surface area contributed by atoms with E-state index < -0.39 is 0 Å². The van der Waals surface area contributed by atoms with Crippen LogP contribution in [0.1, 0.15) is 30.1 Å². The van der Waals surface area contributed by atoms with Crippen LogP contribution in [0.4, 0.5) is 11.4 Å². The number of piperidine rings is 1. The molecule has 1 aliphatic rings. The molecule has 1 atom stereocenters. The van der Waals surface area contributed by atoms with Crippen molar-refractivity contribution in [3.05, 3.63) is 23.8 Å². The largest absolute Gasteiger partial charge is 0.397 e. The second kappa shape index (κ2) is 5.93. The summed E-state index contributed by atoms with van der Waals surface area (Å²) in [4.78, 5) is 16.4. The fourth-order valence-corrected chi connectivity index (χ4v) is 2.82. The number of likely N-dealkylation sites (tertiary alicyclic amines) is 1. The number of ether oxygens (including phenoxy) is 1. The predicted molar refractivity (Wildman–Crippen MR) is 85.7 cm³/mol. The third-order valence-corrected chi connectivity index (χ3v) is 4.20. The number of nitrogens with zero attached hydrogens (tertiary/aromatic N) is 2. The van der Waals surface area contributed by atoms with E-state index in [-0.39, 0.29) is 11.5 Å². The SMILES string of the molecule is COC1(C)CCCN(C(=O)c2ccc(N(C)C)c(N)c2)C1. The highest BCUT2D eigenvalue weighted by atomic mass is 16.5. The summed E-state index contributed by atoms with van der Waals surface area (Å²) in [7, 11) is 5.57. The van der Waals surface area contributed by atoms with Crippen LogP contribution in [-0.4, -0.2) is 50.7 Å². The summed E-state index contributed by atoms with van der Waals surface area (Å²) in [5.74, 6) is 0.0231. The lowest BCUT2D eigenvalue weighted by Crippen LogP contribution is -2.49. The molecule has 0 aromatic heterocycles. The van der Waals surface area contributed by atoms with Crippen molar-refractivity contribution in [2.24, 2.45) is 0 Å². The maximum atomic E-state index is 12.6. The van der Waals surface area contributed by atoms with Crippen molar-refractivity contribution < 1.29 is 9.53 Å². The first-order valence-corrected chi connectivity index (χ1v) is 7.27. The van der Waals surface area contributed by atoms with Crippen molar-refractivity contribution >= 4 is 17.3 Å². The van der Waals surface area contributed by atoms with Gasteiger partial charge in [0.05, 0.1) is 17.0 Å². The number of anilines is 2. The number of methoxy groups -OCH3 is 1. The van der Waals surface area contributed by atoms with E-state index in [9.17, 15) is 4.79 Å². The third kappa shape index (κ3) is 3.29. The number of carbonyl (C=O) groups excluding carboxylic acids is 1. The van der Waals surface area contributed by atoms with Crippen molar-refractivity contribution in [1.82, 2.24) is 4.90 Å². The van der Waals surface area contributed by atoms with E-state index >= 15 is 0 Å². The van der Waals surface area contributed by atoms with Crippen LogP contribution in [0.15, 0.2) is 18.2 Å². The van der Waals surface area contributed by atoms with Gasteiger partial charge in [0.25, 0.3) is 5.91 Å². The van der Waals surface area contributed by atoms with Gasteiger partial charge in [-0.25, -0.2) is 0 Å². The van der Waals surface area contributed by atoms with Crippen LogP contribution in [0.5, 0.6) is 0 Å². The Bertz CT molecular complexity index is 530. The average molecular weight is 291 g/mol. The molecule has 5 heteroatoms. The van der Waals surface area contributed by atoms with Gasteiger partial charge < -0.3 is 20.3 Å². The van der Waals surface area contributed by atoms with E-state index in [4.69, 9.17) is 10.5 Å². The summed E-state index contributed by atoms with van der Waals surface area (Å²) in [6.45, 7) is 3.45. The van der Waals surface area contributed by atoms with Crippen LogP contribution in [0, 0.1) is 0 Å². The fourth-order valence-electron chi connectivity index (χ4n) is 2.82. The van der Waals surface area contributed by atoms with Gasteiger partial charge in [-0.1, -0.05) is 0 Å². The molecule has 1 aromatic rings. The smallest absolute Gasteiger partial charge is 0.254 e. The van der Waals surface area contributed by atoms with Gasteiger partial charge in [-0.05, 0) is 38.0 Å². The highest BCUT2D eigenvalue weighted by Gasteiger charge is 2.33. The molecular weight excluding hydrogens is 266 g/mol. The minimum absolute atomic E-state index is 0.0231. The van der Waals surface area contributed by atoms with Gasteiger partial charge >= 0.3 is 0 Å². The van der Waals surface area contributed by atoms with Crippen LogP contribution in [-0.2, 0) is 4.74 Å². The molecule has 1 aromatic carbocycles. The first-order valence-electron chi connectivity index (χ1n) is 7.27. The van der Waals surface area contributed by atoms with Gasteiger partial charge in [-0.3, -0.25) is 4.79 Å². The number of hydrogen-bond acceptors (Lipinski definition) is 4. The Labute approximate surface area is 126 Å². The van der Waals surface area contributed by atoms with Crippen molar-refractivity contribution in [1.29, 1.82) is 0 Å². The summed E-state index contributed by atoms with van der Waals surface area (Å²) in [5, 5.41) is 0. The van der Waals surface area contributed by atoms with Crippen LogP contribution in [0.3, 0.4) is 0 Å². The third-order valence-electron chi connectivity index (χ3n) is 4.20. The van der Waals surface area contributed by atoms with E-state index in [1.165, 1.54) is 0 Å². The molecule has 1 fully saturated rings. The van der Waals surface area contributed by atoms with Gasteiger partial charge in [0.15, 0.2) is 0 Å². The number of hydrogen-bond donors (Lipinski definition) is 1. The molecule has 1 unspecified atom stereocenters. The van der Waals surface area contributed by atoms with Crippen LogP contribution >= 0.6 is 0 Å². The molecule has 1 amide bonds. The Kier molecular flexibility index (Phi) is 4.42. The van der Waals surface area contributed by atoms with Gasteiger partial charge in [-0.2, -0.15) is 0 Å². The lowest BCUT2D eigenvalue weighted by Gasteiger charge is -2.39. The Hall–Kier alpha value is -1.75. The highest BCUT2D eigenvalue weighted by Crippen LogP contribution is 2.27. The van der Waals surface area contributed by atoms with E-state index in [0.29, 0.717) is 17.8 Å². The summed E-state index contributed by atoms with van der Waals surface area (Å²) >= 11 is 0. The van der Waals surface area contributed by atoms with Crippen LogP contribution in [0.25, 0.3) is 0 Å². The topological polar surface area (TPSA) is 58.8 Å². The Morgan fingerprint density at radius 3 is 2.71 bits per heavy atom. The molecule has 0 radical (unpaired) electrons. The molecule has 0 saturated carbocycles. The lowest BCUT2D eigenvalue weighted by molar-refractivity contribution is -0.0440. The molecule has 1 saturated heterocycles. The Balaban J connectivity index is 2.18. The number of rotatable bonds is 3. The van der Waals surface area contributed by atoms with Crippen molar-refractivity contribution in [3.8, 4) is 0 Å². The molecule has 1 heterocycles. The van der Waals surface area contributed by atoms with E-state index in [1.807, 2.05) is 36.0 Å². The van der Waals surface area contributed by atoms with Gasteiger partial charge in [-0.15, -0.1) is 0 Å². The normalized spacial score (nSPS) is 22.2. The number of nitrogen functional groups attached to an aromatic ring is 1. The quantitative estimate of drug-likeness (QED) is 0.865. The molecule has 21 heavy (non-hydrogen) atoms. The van der Waals surface area contributed by atoms with E-state index in [2.05, 4.69) is 6.92 Å². The molecule has 0 aliphatic carbocycles. The summed E-state index contributed by atoms with van der Waals surface area (Å²) in [6, 6.07) is 5.49. The van der Waals surface area contributed by atoms with Gasteiger partial charge in [0, 0.05) is 39.9 Å². The monoisotopic (exact) mass is 291 g/mol. The average Bonchev–Trinajstić information content (AvgIpc) is 2.46. The van der Waals surface area contributed by atoms with Crippen molar-refractivity contribution in [3.63, 3.8) is 0 Å². The van der Waals surface area contributed by atoms with Crippen molar-refractivity contribution in [2.45, 2.75) is 25.4 Å². The molecule has 0 spiro atoms. The zero-order valence-electron chi connectivity index (χ0n) is 13.3. The predicted octanol–water partition coefficient (Wildman–Crippen LogP) is 1.98. The Morgan fingerprint density at radius 1 is 1.43 bits per heavy atom. The molecule has 1 aliphatic heterocycles. The van der Waals surface area contributed by atoms with Crippen LogP contribution in [0.2, 0.25) is 0 Å². The summed E-state index contributed by atoms with van der Waals surface area (Å²) in [6.07, 6.45) is 1.94. The summed E-state index contributed by atoms with van der Waals surface area (Å²) in [5.41, 5.74) is 7.97. The molecular formula is C16H25N3O2. The van der Waals surface area contributed by atoms with Gasteiger partial charge in [0.1, 0.15) is 0 Å². The number of nitrogens with two attached hydrogens (primary N) is 1. The maximum Gasteiger partial charge on any atom is 0.254 e. The van der Waals surface area contributed by atoms with Crippen molar-refractivity contribution in [2.75, 3.05) is 44.9 Å². The van der Waals surface area contributed by atoms with Crippen LogP contribution < -0.4 is 10.6 Å². The minimum atomic E-state index is -0.247. The molecule has 116 valence electrons. The number of amides is 1. The maximum absolute atomic E-state index is 12.6. The van der Waals surface area contributed by atoms with Gasteiger partial charge in [0.2, 0.25) is 0 Å². The lowest BCUT2D eigenvalue weighted by atomic mass is 9.94. The number of benzene rings is 1. The second-order valence-electron chi connectivity index (χ2n) is 6.15. The first-order chi connectivity index (χ1) is 9.86. The molecule has 2 rings (SSSR count). The minimum Gasteiger partial charge on any atom is -0.397 e. The standard InChI is InChI=1S/C16H25N3O2/c1-16(21-4)8-5-9-19(11-16)15(20)12-6-7-14(18(2)3)13(17)10-12/h6-7,10H,5,8-9,11,17H2,1-4H3. The van der Waals surface area contributed by atoms with E-state index in [1.54, 1.807) is 13.2 Å². The molecule has 5 nitrogen and oxygen atoms in total. The molecule has 2 N–H and O–H groups in total. The summed E-state index contributed by atoms with van der Waals surface area (Å²) < 4.78 is 5.54. The molecule has 0 bridgehead atoms. The van der Waals surface area contributed by atoms with E-state index in [0.717, 1.165) is 25.1 Å². The second-order valence-corrected chi connectivity index (χ2v) is 6.15. The zero-order chi connectivity index (χ0) is 15.6. The Morgan fingerprint density at radius 2 is 2.14 bits per heavy atom. The highest BCUT2D eigenvalue weighted by molar-refractivity contribution is 5.96. The first kappa shape index (κ1) is 15.6. The fraction of sp³-hybridized carbons (Fsp3) is 0.562. The zero-order valence-corrected chi connectivity index (χ0v) is 13.3. The number of carbonyl (C=O) groups is 1.